The van der Waals surface area contributed by atoms with E-state index >= 15 is 0 Å². The van der Waals surface area contributed by atoms with Crippen LogP contribution in [-0.4, -0.2) is 41.5 Å². The number of nitrogens with zero attached hydrogens (tertiary/aromatic N) is 2. The van der Waals surface area contributed by atoms with Crippen LogP contribution in [0.4, 0.5) is 5.69 Å². The highest BCUT2D eigenvalue weighted by Crippen LogP contribution is 2.39. The maximum atomic E-state index is 13.7. The first-order chi connectivity index (χ1) is 14.8. The Morgan fingerprint density at radius 3 is 2.55 bits per heavy atom. The molecule has 1 N–H and O–H groups in total. The Bertz CT molecular complexity index is 1090. The van der Waals surface area contributed by atoms with Crippen LogP contribution < -0.4 is 4.90 Å². The highest BCUT2D eigenvalue weighted by Gasteiger charge is 2.43. The van der Waals surface area contributed by atoms with Crippen molar-refractivity contribution in [1.29, 1.82) is 0 Å². The fraction of sp³-hybridized carbons (Fsp3) is 0.360. The van der Waals surface area contributed by atoms with Gasteiger partial charge in [-0.2, -0.15) is 0 Å². The molecule has 1 atom stereocenters. The zero-order valence-electron chi connectivity index (χ0n) is 18.1. The van der Waals surface area contributed by atoms with Gasteiger partial charge >= 0.3 is 0 Å². The average molecular weight is 439 g/mol. The minimum absolute atomic E-state index is 0.0714. The summed E-state index contributed by atoms with van der Waals surface area (Å²) in [4.78, 5) is 30.7. The number of likely N-dealkylation sites (tertiary alicyclic amines) is 1. The smallest absolute Gasteiger partial charge is 0.282 e. The van der Waals surface area contributed by atoms with Gasteiger partial charge in [0.2, 0.25) is 0 Å². The van der Waals surface area contributed by atoms with Crippen molar-refractivity contribution >= 4 is 34.7 Å². The monoisotopic (exact) mass is 438 g/mol. The number of aryl methyl sites for hydroxylation is 2. The normalized spacial score (nSPS) is 19.6. The molecule has 0 radical (unpaired) electrons. The molecule has 1 unspecified atom stereocenters. The molecule has 6 heteroatoms. The summed E-state index contributed by atoms with van der Waals surface area (Å²) in [5.41, 5.74) is 4.98. The van der Waals surface area contributed by atoms with Crippen LogP contribution in [0.5, 0.6) is 0 Å². The fourth-order valence-electron chi connectivity index (χ4n) is 4.44. The number of halogens is 1. The second-order valence-electron chi connectivity index (χ2n) is 8.49. The summed E-state index contributed by atoms with van der Waals surface area (Å²) >= 11 is 6.30. The second kappa shape index (κ2) is 8.48. The molecular weight excluding hydrogens is 412 g/mol. The first-order valence-electron chi connectivity index (χ1n) is 10.6. The quantitative estimate of drug-likeness (QED) is 0.725. The summed E-state index contributed by atoms with van der Waals surface area (Å²) in [7, 11) is 0. The SMILES string of the molecule is Cc1ccc(C2=C(N3CCCC(CO)C3)C(=O)N(c3cccc(Cl)c3C)C2=O)cc1C. The van der Waals surface area contributed by atoms with E-state index in [-0.39, 0.29) is 24.3 Å². The summed E-state index contributed by atoms with van der Waals surface area (Å²) in [5, 5.41) is 10.2. The number of anilines is 1. The molecule has 2 aromatic rings. The minimum Gasteiger partial charge on any atom is -0.396 e. The lowest BCUT2D eigenvalue weighted by molar-refractivity contribution is -0.120. The lowest BCUT2D eigenvalue weighted by atomic mass is 9.96. The number of aliphatic hydroxyl groups excluding tert-OH is 1. The molecule has 0 aromatic heterocycles. The number of imide groups is 1. The van der Waals surface area contributed by atoms with Crippen molar-refractivity contribution < 1.29 is 14.7 Å². The Morgan fingerprint density at radius 1 is 1.06 bits per heavy atom. The van der Waals surface area contributed by atoms with Crippen molar-refractivity contribution in [3.8, 4) is 0 Å². The molecule has 0 aliphatic carbocycles. The highest BCUT2D eigenvalue weighted by atomic mass is 35.5. The molecule has 0 saturated carbocycles. The van der Waals surface area contributed by atoms with E-state index in [9.17, 15) is 14.7 Å². The lowest BCUT2D eigenvalue weighted by Gasteiger charge is -2.34. The first kappa shape index (κ1) is 21.6. The summed E-state index contributed by atoms with van der Waals surface area (Å²) in [5.74, 6) is -0.575. The predicted octanol–water partition coefficient (Wildman–Crippen LogP) is 4.25. The average Bonchev–Trinajstić information content (AvgIpc) is 3.02. The van der Waals surface area contributed by atoms with E-state index in [0.717, 1.165) is 29.5 Å². The van der Waals surface area contributed by atoms with Crippen molar-refractivity contribution in [2.24, 2.45) is 5.92 Å². The highest BCUT2D eigenvalue weighted by molar-refractivity contribution is 6.46. The van der Waals surface area contributed by atoms with Crippen LogP contribution in [0.25, 0.3) is 5.57 Å². The summed E-state index contributed by atoms with van der Waals surface area (Å²) in [6.07, 6.45) is 1.78. The molecule has 162 valence electrons. The maximum absolute atomic E-state index is 13.7. The molecule has 2 aromatic carbocycles. The zero-order chi connectivity index (χ0) is 22.3. The van der Waals surface area contributed by atoms with E-state index in [1.54, 1.807) is 18.2 Å². The number of aliphatic hydroxyl groups is 1. The number of carbonyl (C=O) groups is 2. The van der Waals surface area contributed by atoms with E-state index in [0.29, 0.717) is 40.6 Å². The van der Waals surface area contributed by atoms with Crippen LogP contribution in [0, 0.1) is 26.7 Å². The Hall–Kier alpha value is -2.63. The first-order valence-corrected chi connectivity index (χ1v) is 11.0. The largest absolute Gasteiger partial charge is 0.396 e. The Balaban J connectivity index is 1.87. The Labute approximate surface area is 187 Å². The van der Waals surface area contributed by atoms with Crippen LogP contribution in [0.3, 0.4) is 0 Å². The van der Waals surface area contributed by atoms with E-state index in [2.05, 4.69) is 0 Å². The third-order valence-corrected chi connectivity index (χ3v) is 6.84. The zero-order valence-corrected chi connectivity index (χ0v) is 18.9. The third kappa shape index (κ3) is 3.77. The number of hydrogen-bond acceptors (Lipinski definition) is 4. The number of hydrogen-bond donors (Lipinski definition) is 1. The summed E-state index contributed by atoms with van der Waals surface area (Å²) in [6.45, 7) is 7.15. The van der Waals surface area contributed by atoms with E-state index < -0.39 is 0 Å². The summed E-state index contributed by atoms with van der Waals surface area (Å²) < 4.78 is 0. The molecule has 4 rings (SSSR count). The van der Waals surface area contributed by atoms with Crippen molar-refractivity contribution in [2.45, 2.75) is 33.6 Å². The van der Waals surface area contributed by atoms with Gasteiger partial charge in [0.05, 0.1) is 11.3 Å². The molecular formula is C25H27ClN2O3. The van der Waals surface area contributed by atoms with Crippen molar-refractivity contribution in [3.05, 3.63) is 69.4 Å². The molecule has 0 bridgehead atoms. The fourth-order valence-corrected chi connectivity index (χ4v) is 4.61. The van der Waals surface area contributed by atoms with E-state index in [1.165, 1.54) is 4.90 Å². The second-order valence-corrected chi connectivity index (χ2v) is 8.90. The number of benzene rings is 2. The molecule has 2 aliphatic heterocycles. The van der Waals surface area contributed by atoms with Gasteiger partial charge in [0.15, 0.2) is 0 Å². The standard InChI is InChI=1S/C25H27ClN2O3/c1-15-9-10-19(12-16(15)2)22-23(27-11-5-6-18(13-27)14-29)25(31)28(24(22)30)21-8-4-7-20(26)17(21)3/h4,7-10,12,18,29H,5-6,11,13-14H2,1-3H3. The van der Waals surface area contributed by atoms with Crippen molar-refractivity contribution in [2.75, 3.05) is 24.6 Å². The van der Waals surface area contributed by atoms with Crippen molar-refractivity contribution in [3.63, 3.8) is 0 Å². The molecule has 2 amide bonds. The minimum atomic E-state index is -0.334. The molecule has 2 aliphatic rings. The lowest BCUT2D eigenvalue weighted by Crippen LogP contribution is -2.40. The van der Waals surface area contributed by atoms with Crippen LogP contribution in [-0.2, 0) is 9.59 Å². The van der Waals surface area contributed by atoms with E-state index in [4.69, 9.17) is 11.6 Å². The molecule has 1 saturated heterocycles. The van der Waals surface area contributed by atoms with Gasteiger partial charge < -0.3 is 10.0 Å². The van der Waals surface area contributed by atoms with Gasteiger partial charge in [0.1, 0.15) is 5.70 Å². The number of rotatable bonds is 4. The number of amides is 2. The van der Waals surface area contributed by atoms with Gasteiger partial charge in [-0.1, -0.05) is 35.9 Å². The Morgan fingerprint density at radius 2 is 1.84 bits per heavy atom. The van der Waals surface area contributed by atoms with Gasteiger partial charge in [-0.25, -0.2) is 4.90 Å². The molecule has 1 fully saturated rings. The molecule has 2 heterocycles. The molecule has 5 nitrogen and oxygen atoms in total. The van der Waals surface area contributed by atoms with Crippen LogP contribution in [0.1, 0.15) is 35.1 Å². The van der Waals surface area contributed by atoms with E-state index in [1.807, 2.05) is 43.9 Å². The van der Waals surface area contributed by atoms with Gasteiger partial charge in [0, 0.05) is 24.7 Å². The van der Waals surface area contributed by atoms with Crippen LogP contribution in [0.2, 0.25) is 5.02 Å². The van der Waals surface area contributed by atoms with Crippen LogP contribution in [0.15, 0.2) is 42.1 Å². The third-order valence-electron chi connectivity index (χ3n) is 6.43. The van der Waals surface area contributed by atoms with Gasteiger partial charge in [-0.05, 0) is 73.9 Å². The van der Waals surface area contributed by atoms with Crippen molar-refractivity contribution in [1.82, 2.24) is 4.90 Å². The number of carbonyl (C=O) groups excluding carboxylic acids is 2. The topological polar surface area (TPSA) is 60.9 Å². The molecule has 31 heavy (non-hydrogen) atoms. The summed E-state index contributed by atoms with van der Waals surface area (Å²) in [6, 6.07) is 11.1. The Kier molecular flexibility index (Phi) is 5.91. The molecule has 0 spiro atoms. The predicted molar refractivity (Wildman–Crippen MR) is 123 cm³/mol. The number of piperidine rings is 1. The van der Waals surface area contributed by atoms with Gasteiger partial charge in [-0.15, -0.1) is 0 Å². The van der Waals surface area contributed by atoms with Gasteiger partial charge in [0.25, 0.3) is 11.8 Å². The van der Waals surface area contributed by atoms with Crippen LogP contribution >= 0.6 is 11.6 Å². The van der Waals surface area contributed by atoms with Gasteiger partial charge in [-0.3, -0.25) is 9.59 Å². The maximum Gasteiger partial charge on any atom is 0.282 e.